The molecule has 4 nitrogen and oxygen atoms in total. The van der Waals surface area contributed by atoms with Gasteiger partial charge in [0.05, 0.1) is 17.8 Å². The first-order valence-electron chi connectivity index (χ1n) is 7.29. The monoisotopic (exact) mass is 285 g/mol. The zero-order valence-corrected chi connectivity index (χ0v) is 12.4. The van der Waals surface area contributed by atoms with Crippen molar-refractivity contribution >= 4 is 23.6 Å². The Balaban J connectivity index is 1.89. The summed E-state index contributed by atoms with van der Waals surface area (Å²) in [5, 5.41) is 0.120. The number of carbonyl (C=O) groups is 2. The summed E-state index contributed by atoms with van der Waals surface area (Å²) in [7, 11) is 0. The minimum absolute atomic E-state index is 0.119. The molecule has 2 aliphatic rings. The van der Waals surface area contributed by atoms with Crippen molar-refractivity contribution in [2.45, 2.75) is 44.3 Å². The number of nitrogens with zero attached hydrogens (tertiary/aromatic N) is 1. The molecule has 0 saturated carbocycles. The van der Waals surface area contributed by atoms with Crippen LogP contribution in [0.3, 0.4) is 0 Å². The van der Waals surface area contributed by atoms with E-state index in [0.717, 1.165) is 38.0 Å². The number of amides is 1. The van der Waals surface area contributed by atoms with Crippen molar-refractivity contribution in [3.05, 3.63) is 0 Å². The third-order valence-corrected chi connectivity index (χ3v) is 5.17. The fourth-order valence-corrected chi connectivity index (χ4v) is 4.05. The van der Waals surface area contributed by atoms with Crippen LogP contribution in [0.2, 0.25) is 0 Å². The van der Waals surface area contributed by atoms with E-state index in [-0.39, 0.29) is 23.0 Å². The summed E-state index contributed by atoms with van der Waals surface area (Å²) in [5.74, 6) is 1.06. The van der Waals surface area contributed by atoms with Crippen LogP contribution in [0.15, 0.2) is 0 Å². The van der Waals surface area contributed by atoms with Gasteiger partial charge in [-0.15, -0.1) is 11.8 Å². The summed E-state index contributed by atoms with van der Waals surface area (Å²) in [6, 6.07) is 0. The van der Waals surface area contributed by atoms with Gasteiger partial charge in [-0.2, -0.15) is 0 Å². The number of hydrogen-bond donors (Lipinski definition) is 0. The fourth-order valence-electron chi connectivity index (χ4n) is 2.77. The Labute approximate surface area is 119 Å². The molecule has 2 atom stereocenters. The average molecular weight is 285 g/mol. The quantitative estimate of drug-likeness (QED) is 0.745. The van der Waals surface area contributed by atoms with Crippen LogP contribution in [0.5, 0.6) is 0 Å². The largest absolute Gasteiger partial charge is 0.466 e. The van der Waals surface area contributed by atoms with Crippen LogP contribution < -0.4 is 0 Å². The van der Waals surface area contributed by atoms with Gasteiger partial charge in [-0.3, -0.25) is 9.59 Å². The Bertz CT molecular complexity index is 329. The van der Waals surface area contributed by atoms with Crippen molar-refractivity contribution in [3.8, 4) is 0 Å². The highest BCUT2D eigenvalue weighted by Crippen LogP contribution is 2.28. The van der Waals surface area contributed by atoms with E-state index in [1.165, 1.54) is 6.42 Å². The zero-order chi connectivity index (χ0) is 13.7. The average Bonchev–Trinajstić information content (AvgIpc) is 2.48. The molecule has 0 radical (unpaired) electrons. The fraction of sp³-hybridized carbons (Fsp3) is 0.857. The maximum absolute atomic E-state index is 12.4. The second-order valence-electron chi connectivity index (χ2n) is 5.23. The lowest BCUT2D eigenvalue weighted by Gasteiger charge is -2.34. The molecule has 1 amide bonds. The smallest absolute Gasteiger partial charge is 0.310 e. The van der Waals surface area contributed by atoms with E-state index in [9.17, 15) is 9.59 Å². The molecule has 0 aliphatic carbocycles. The van der Waals surface area contributed by atoms with E-state index < -0.39 is 0 Å². The number of esters is 1. The van der Waals surface area contributed by atoms with Gasteiger partial charge in [-0.1, -0.05) is 6.42 Å². The summed E-state index contributed by atoms with van der Waals surface area (Å²) in [4.78, 5) is 26.1. The lowest BCUT2D eigenvalue weighted by atomic mass is 9.97. The molecular weight excluding hydrogens is 262 g/mol. The Hall–Kier alpha value is -0.710. The van der Waals surface area contributed by atoms with Gasteiger partial charge in [0.1, 0.15) is 0 Å². The minimum Gasteiger partial charge on any atom is -0.466 e. The van der Waals surface area contributed by atoms with Crippen molar-refractivity contribution in [1.82, 2.24) is 4.90 Å². The van der Waals surface area contributed by atoms with Crippen molar-refractivity contribution in [2.75, 3.05) is 25.4 Å². The highest BCUT2D eigenvalue weighted by molar-refractivity contribution is 8.00. The zero-order valence-electron chi connectivity index (χ0n) is 11.6. The second-order valence-corrected chi connectivity index (χ2v) is 6.54. The van der Waals surface area contributed by atoms with Crippen LogP contribution in [0.25, 0.3) is 0 Å². The van der Waals surface area contributed by atoms with Gasteiger partial charge >= 0.3 is 5.97 Å². The molecule has 0 aromatic rings. The molecule has 0 bridgehead atoms. The molecule has 2 heterocycles. The normalized spacial score (nSPS) is 27.9. The van der Waals surface area contributed by atoms with Gasteiger partial charge in [0, 0.05) is 13.1 Å². The predicted molar refractivity (Wildman–Crippen MR) is 76.0 cm³/mol. The summed E-state index contributed by atoms with van der Waals surface area (Å²) >= 11 is 1.78. The summed E-state index contributed by atoms with van der Waals surface area (Å²) in [5.41, 5.74) is 0. The Morgan fingerprint density at radius 1 is 1.26 bits per heavy atom. The van der Waals surface area contributed by atoms with E-state index in [1.807, 2.05) is 11.8 Å². The lowest BCUT2D eigenvalue weighted by Crippen LogP contribution is -2.46. The predicted octanol–water partition coefficient (Wildman–Crippen LogP) is 2.07. The number of piperidine rings is 1. The number of carbonyl (C=O) groups excluding carboxylic acids is 2. The molecule has 2 saturated heterocycles. The number of likely N-dealkylation sites (tertiary alicyclic amines) is 1. The van der Waals surface area contributed by atoms with Gasteiger partial charge in [-0.25, -0.2) is 0 Å². The third-order valence-electron chi connectivity index (χ3n) is 3.81. The highest BCUT2D eigenvalue weighted by Gasteiger charge is 2.33. The second kappa shape index (κ2) is 7.17. The topological polar surface area (TPSA) is 46.6 Å². The molecule has 0 aromatic heterocycles. The van der Waals surface area contributed by atoms with Crippen molar-refractivity contribution in [2.24, 2.45) is 5.92 Å². The lowest BCUT2D eigenvalue weighted by molar-refractivity contribution is -0.151. The Kier molecular flexibility index (Phi) is 5.55. The standard InChI is InChI=1S/C14H23NO3S/c1-2-18-14(17)11-6-5-8-15(10-11)13(16)12-7-3-4-9-19-12/h11-12H,2-10H2,1H3/t11-,12?/m1/s1. The minimum atomic E-state index is -0.142. The van der Waals surface area contributed by atoms with Crippen LogP contribution in [0, 0.1) is 5.92 Å². The molecule has 2 fully saturated rings. The molecule has 2 rings (SSSR count). The number of rotatable bonds is 3. The molecule has 19 heavy (non-hydrogen) atoms. The number of hydrogen-bond acceptors (Lipinski definition) is 4. The molecular formula is C14H23NO3S. The molecule has 0 aromatic carbocycles. The van der Waals surface area contributed by atoms with Gasteiger partial charge < -0.3 is 9.64 Å². The van der Waals surface area contributed by atoms with Crippen LogP contribution >= 0.6 is 11.8 Å². The van der Waals surface area contributed by atoms with Crippen LogP contribution in [-0.4, -0.2) is 47.5 Å². The van der Waals surface area contributed by atoms with Gasteiger partial charge in [0.25, 0.3) is 0 Å². The first-order valence-corrected chi connectivity index (χ1v) is 8.34. The van der Waals surface area contributed by atoms with Crippen LogP contribution in [0.1, 0.15) is 39.0 Å². The molecule has 2 aliphatic heterocycles. The molecule has 5 heteroatoms. The summed E-state index contributed by atoms with van der Waals surface area (Å²) < 4.78 is 5.07. The van der Waals surface area contributed by atoms with E-state index >= 15 is 0 Å². The first kappa shape index (κ1) is 14.7. The molecule has 1 unspecified atom stereocenters. The SMILES string of the molecule is CCOC(=O)[C@@H]1CCCN(C(=O)C2CCCCS2)C1. The van der Waals surface area contributed by atoms with Crippen LogP contribution in [-0.2, 0) is 14.3 Å². The molecule has 108 valence electrons. The Morgan fingerprint density at radius 3 is 2.79 bits per heavy atom. The van der Waals surface area contributed by atoms with E-state index in [0.29, 0.717) is 13.2 Å². The van der Waals surface area contributed by atoms with Crippen LogP contribution in [0.4, 0.5) is 0 Å². The number of thioether (sulfide) groups is 1. The third kappa shape index (κ3) is 3.88. The summed E-state index contributed by atoms with van der Waals surface area (Å²) in [6.07, 6.45) is 5.12. The van der Waals surface area contributed by atoms with E-state index in [1.54, 1.807) is 11.8 Å². The summed E-state index contributed by atoms with van der Waals surface area (Å²) in [6.45, 7) is 3.59. The maximum Gasteiger partial charge on any atom is 0.310 e. The first-order chi connectivity index (χ1) is 9.22. The van der Waals surface area contributed by atoms with Gasteiger partial charge in [-0.05, 0) is 38.4 Å². The van der Waals surface area contributed by atoms with Gasteiger partial charge in [0.2, 0.25) is 5.91 Å². The van der Waals surface area contributed by atoms with Crippen molar-refractivity contribution < 1.29 is 14.3 Å². The molecule has 0 spiro atoms. The van der Waals surface area contributed by atoms with E-state index in [2.05, 4.69) is 0 Å². The maximum atomic E-state index is 12.4. The number of ether oxygens (including phenoxy) is 1. The van der Waals surface area contributed by atoms with Crippen molar-refractivity contribution in [3.63, 3.8) is 0 Å². The highest BCUT2D eigenvalue weighted by atomic mass is 32.2. The van der Waals surface area contributed by atoms with E-state index in [4.69, 9.17) is 4.74 Å². The Morgan fingerprint density at radius 2 is 2.11 bits per heavy atom. The molecule has 0 N–H and O–H groups in total. The van der Waals surface area contributed by atoms with Gasteiger partial charge in [0.15, 0.2) is 0 Å². The van der Waals surface area contributed by atoms with Crippen molar-refractivity contribution in [1.29, 1.82) is 0 Å².